The van der Waals surface area contributed by atoms with Crippen LogP contribution in [-0.4, -0.2) is 16.1 Å². The average molecular weight is 330 g/mol. The van der Waals surface area contributed by atoms with Crippen molar-refractivity contribution in [2.75, 3.05) is 0 Å². The van der Waals surface area contributed by atoms with Gasteiger partial charge >= 0.3 is 5.97 Å². The van der Waals surface area contributed by atoms with Crippen molar-refractivity contribution in [3.63, 3.8) is 0 Å². The third kappa shape index (κ3) is 3.12. The van der Waals surface area contributed by atoms with Gasteiger partial charge in [0, 0.05) is 5.56 Å². The SMILES string of the molecule is O=C(OCc1nc(-c2ccccc2)no1)c1cccc2ccccc12. The number of hydrogen-bond acceptors (Lipinski definition) is 5. The lowest BCUT2D eigenvalue weighted by Gasteiger charge is -2.05. The zero-order valence-corrected chi connectivity index (χ0v) is 13.3. The molecule has 1 aromatic heterocycles. The Labute approximate surface area is 143 Å². The number of carbonyl (C=O) groups is 1. The summed E-state index contributed by atoms with van der Waals surface area (Å²) in [6, 6.07) is 22.7. The van der Waals surface area contributed by atoms with Crippen LogP contribution in [0.2, 0.25) is 0 Å². The van der Waals surface area contributed by atoms with Crippen molar-refractivity contribution in [3.8, 4) is 11.4 Å². The van der Waals surface area contributed by atoms with Gasteiger partial charge in [-0.15, -0.1) is 0 Å². The van der Waals surface area contributed by atoms with E-state index in [0.29, 0.717) is 11.4 Å². The first-order valence-electron chi connectivity index (χ1n) is 7.84. The fourth-order valence-electron chi connectivity index (χ4n) is 2.63. The Morgan fingerprint density at radius 3 is 2.56 bits per heavy atom. The number of rotatable bonds is 4. The van der Waals surface area contributed by atoms with Crippen LogP contribution in [-0.2, 0) is 11.3 Å². The van der Waals surface area contributed by atoms with Crippen LogP contribution in [0.15, 0.2) is 77.3 Å². The molecule has 3 aromatic carbocycles. The summed E-state index contributed by atoms with van der Waals surface area (Å²) in [5.74, 6) is 0.306. The maximum absolute atomic E-state index is 12.4. The van der Waals surface area contributed by atoms with E-state index in [1.165, 1.54) is 0 Å². The van der Waals surface area contributed by atoms with Crippen LogP contribution in [0, 0.1) is 0 Å². The van der Waals surface area contributed by atoms with Crippen LogP contribution in [0.1, 0.15) is 16.2 Å². The van der Waals surface area contributed by atoms with Crippen molar-refractivity contribution in [1.29, 1.82) is 0 Å². The Hall–Kier alpha value is -3.47. The summed E-state index contributed by atoms with van der Waals surface area (Å²) in [5.41, 5.74) is 1.36. The van der Waals surface area contributed by atoms with E-state index in [4.69, 9.17) is 9.26 Å². The van der Waals surface area contributed by atoms with E-state index >= 15 is 0 Å². The van der Waals surface area contributed by atoms with Crippen molar-refractivity contribution in [2.45, 2.75) is 6.61 Å². The van der Waals surface area contributed by atoms with Crippen LogP contribution in [0.3, 0.4) is 0 Å². The molecule has 5 heteroatoms. The van der Waals surface area contributed by atoms with Gasteiger partial charge in [-0.3, -0.25) is 0 Å². The highest BCUT2D eigenvalue weighted by Gasteiger charge is 2.14. The van der Waals surface area contributed by atoms with Gasteiger partial charge in [-0.1, -0.05) is 71.9 Å². The zero-order chi connectivity index (χ0) is 17.1. The Morgan fingerprint density at radius 1 is 0.920 bits per heavy atom. The van der Waals surface area contributed by atoms with Crippen LogP contribution in [0.4, 0.5) is 0 Å². The fourth-order valence-corrected chi connectivity index (χ4v) is 2.63. The van der Waals surface area contributed by atoms with E-state index in [2.05, 4.69) is 10.1 Å². The normalized spacial score (nSPS) is 10.7. The average Bonchev–Trinajstić information content (AvgIpc) is 3.15. The molecular weight excluding hydrogens is 316 g/mol. The highest BCUT2D eigenvalue weighted by Crippen LogP contribution is 2.20. The first-order valence-corrected chi connectivity index (χ1v) is 7.84. The Kier molecular flexibility index (Phi) is 3.96. The predicted octanol–water partition coefficient (Wildman–Crippen LogP) is 4.25. The lowest BCUT2D eigenvalue weighted by molar-refractivity contribution is 0.0432. The summed E-state index contributed by atoms with van der Waals surface area (Å²) in [7, 11) is 0. The molecule has 0 saturated heterocycles. The lowest BCUT2D eigenvalue weighted by Crippen LogP contribution is -2.06. The van der Waals surface area contributed by atoms with Gasteiger partial charge in [0.15, 0.2) is 6.61 Å². The van der Waals surface area contributed by atoms with E-state index in [1.54, 1.807) is 6.07 Å². The molecule has 1 heterocycles. The summed E-state index contributed by atoms with van der Waals surface area (Å²) in [6.45, 7) is -0.0676. The van der Waals surface area contributed by atoms with Gasteiger partial charge < -0.3 is 9.26 Å². The highest BCUT2D eigenvalue weighted by molar-refractivity contribution is 6.04. The van der Waals surface area contributed by atoms with E-state index in [9.17, 15) is 4.79 Å². The number of ether oxygens (including phenoxy) is 1. The van der Waals surface area contributed by atoms with E-state index < -0.39 is 5.97 Å². The second-order valence-corrected chi connectivity index (χ2v) is 5.48. The maximum atomic E-state index is 12.4. The van der Waals surface area contributed by atoms with Crippen LogP contribution in [0.25, 0.3) is 22.2 Å². The predicted molar refractivity (Wildman–Crippen MR) is 92.8 cm³/mol. The second-order valence-electron chi connectivity index (χ2n) is 5.48. The molecule has 0 amide bonds. The topological polar surface area (TPSA) is 65.2 Å². The van der Waals surface area contributed by atoms with Crippen molar-refractivity contribution < 1.29 is 14.1 Å². The number of hydrogen-bond donors (Lipinski definition) is 0. The van der Waals surface area contributed by atoms with E-state index in [1.807, 2.05) is 66.7 Å². The summed E-state index contributed by atoms with van der Waals surface area (Å²) >= 11 is 0. The molecule has 0 bridgehead atoms. The molecule has 122 valence electrons. The van der Waals surface area contributed by atoms with Crippen molar-refractivity contribution >= 4 is 16.7 Å². The van der Waals surface area contributed by atoms with Crippen LogP contribution in [0.5, 0.6) is 0 Å². The molecule has 0 fully saturated rings. The first-order chi connectivity index (χ1) is 12.3. The van der Waals surface area contributed by atoms with E-state index in [0.717, 1.165) is 16.3 Å². The molecule has 0 aliphatic heterocycles. The molecule has 5 nitrogen and oxygen atoms in total. The van der Waals surface area contributed by atoms with Crippen molar-refractivity contribution in [3.05, 3.63) is 84.3 Å². The summed E-state index contributed by atoms with van der Waals surface area (Å²) in [4.78, 5) is 16.7. The van der Waals surface area contributed by atoms with Gasteiger partial charge in [-0.2, -0.15) is 4.98 Å². The number of aromatic nitrogens is 2. The molecule has 25 heavy (non-hydrogen) atoms. The monoisotopic (exact) mass is 330 g/mol. The standard InChI is InChI=1S/C20H14N2O3/c23-20(17-12-6-10-14-7-4-5-11-16(14)17)24-13-18-21-19(22-25-18)15-8-2-1-3-9-15/h1-12H,13H2. The summed E-state index contributed by atoms with van der Waals surface area (Å²) in [5, 5.41) is 5.75. The molecule has 0 spiro atoms. The number of carbonyl (C=O) groups excluding carboxylic acids is 1. The number of benzene rings is 3. The third-order valence-electron chi connectivity index (χ3n) is 3.84. The zero-order valence-electron chi connectivity index (χ0n) is 13.3. The van der Waals surface area contributed by atoms with Crippen molar-refractivity contribution in [2.24, 2.45) is 0 Å². The van der Waals surface area contributed by atoms with Gasteiger partial charge in [0.25, 0.3) is 5.89 Å². The largest absolute Gasteiger partial charge is 0.452 e. The van der Waals surface area contributed by atoms with Gasteiger partial charge in [0.05, 0.1) is 5.56 Å². The molecule has 0 unspecified atom stereocenters. The molecule has 4 rings (SSSR count). The van der Waals surface area contributed by atoms with Crippen LogP contribution < -0.4 is 0 Å². The van der Waals surface area contributed by atoms with Gasteiger partial charge in [-0.05, 0) is 16.8 Å². The molecule has 0 N–H and O–H groups in total. The minimum absolute atomic E-state index is 0.0676. The van der Waals surface area contributed by atoms with Gasteiger partial charge in [-0.25, -0.2) is 4.79 Å². The minimum Gasteiger partial charge on any atom is -0.452 e. The quantitative estimate of drug-likeness (QED) is 0.523. The molecule has 0 aliphatic carbocycles. The number of fused-ring (bicyclic) bond motifs is 1. The second kappa shape index (κ2) is 6.57. The molecule has 4 aromatic rings. The molecule has 0 aliphatic rings. The maximum Gasteiger partial charge on any atom is 0.339 e. The minimum atomic E-state index is -0.420. The molecule has 0 radical (unpaired) electrons. The Morgan fingerprint density at radius 2 is 1.68 bits per heavy atom. The summed E-state index contributed by atoms with van der Waals surface area (Å²) < 4.78 is 10.5. The smallest absolute Gasteiger partial charge is 0.339 e. The Balaban J connectivity index is 1.50. The van der Waals surface area contributed by atoms with Gasteiger partial charge in [0.2, 0.25) is 5.82 Å². The van der Waals surface area contributed by atoms with E-state index in [-0.39, 0.29) is 12.5 Å². The lowest BCUT2D eigenvalue weighted by atomic mass is 10.1. The number of nitrogens with zero attached hydrogens (tertiary/aromatic N) is 2. The first kappa shape index (κ1) is 15.1. The molecule has 0 atom stereocenters. The molecular formula is C20H14N2O3. The highest BCUT2D eigenvalue weighted by atomic mass is 16.6. The fraction of sp³-hybridized carbons (Fsp3) is 0.0500. The van der Waals surface area contributed by atoms with Crippen molar-refractivity contribution in [1.82, 2.24) is 10.1 Å². The number of esters is 1. The van der Waals surface area contributed by atoms with Crippen LogP contribution >= 0.6 is 0 Å². The molecule has 0 saturated carbocycles. The summed E-state index contributed by atoms with van der Waals surface area (Å²) in [6.07, 6.45) is 0. The van der Waals surface area contributed by atoms with Gasteiger partial charge in [0.1, 0.15) is 0 Å². The Bertz CT molecular complexity index is 1020. The third-order valence-corrected chi connectivity index (χ3v) is 3.84.